The number of carbonyl (C=O) groups excluding carboxylic acids is 2. The number of hydrogen-bond donors (Lipinski definition) is 2. The number of anilines is 2. The highest BCUT2D eigenvalue weighted by Gasteiger charge is 2.18. The third-order valence-corrected chi connectivity index (χ3v) is 4.58. The number of urea groups is 1. The van der Waals surface area contributed by atoms with Gasteiger partial charge in [-0.25, -0.2) is 9.78 Å². The number of aryl methyl sites for hydroxylation is 1. The van der Waals surface area contributed by atoms with Crippen molar-refractivity contribution in [1.82, 2.24) is 9.88 Å². The van der Waals surface area contributed by atoms with Gasteiger partial charge in [0.25, 0.3) is 0 Å². The van der Waals surface area contributed by atoms with E-state index in [1.54, 1.807) is 10.3 Å². The maximum absolute atomic E-state index is 12.2. The van der Waals surface area contributed by atoms with Crippen molar-refractivity contribution in [3.8, 4) is 0 Å². The van der Waals surface area contributed by atoms with Gasteiger partial charge in [0.1, 0.15) is 0 Å². The summed E-state index contributed by atoms with van der Waals surface area (Å²) in [5, 5.41) is 7.70. The first kappa shape index (κ1) is 17.4. The van der Waals surface area contributed by atoms with E-state index in [2.05, 4.69) is 15.6 Å². The minimum atomic E-state index is -0.357. The van der Waals surface area contributed by atoms with E-state index < -0.39 is 0 Å². The summed E-state index contributed by atoms with van der Waals surface area (Å²) >= 11 is 1.30. The van der Waals surface area contributed by atoms with Gasteiger partial charge in [-0.2, -0.15) is 0 Å². The van der Waals surface area contributed by atoms with Gasteiger partial charge < -0.3 is 15.0 Å². The van der Waals surface area contributed by atoms with Gasteiger partial charge in [-0.15, -0.1) is 11.3 Å². The number of amides is 3. The second kappa shape index (κ2) is 8.09. The fourth-order valence-electron chi connectivity index (χ4n) is 2.42. The van der Waals surface area contributed by atoms with Crippen molar-refractivity contribution >= 4 is 34.1 Å². The number of nitrogens with one attached hydrogen (secondary N) is 2. The molecule has 1 saturated heterocycles. The van der Waals surface area contributed by atoms with Gasteiger partial charge in [-0.05, 0) is 19.1 Å². The lowest BCUT2D eigenvalue weighted by Crippen LogP contribution is -2.41. The molecule has 0 aliphatic carbocycles. The Labute approximate surface area is 150 Å². The van der Waals surface area contributed by atoms with E-state index in [1.165, 1.54) is 11.3 Å². The van der Waals surface area contributed by atoms with Crippen LogP contribution in [0.4, 0.5) is 15.6 Å². The number of nitrogens with zero attached hydrogens (tertiary/aromatic N) is 2. The van der Waals surface area contributed by atoms with Crippen LogP contribution in [-0.2, 0) is 16.0 Å². The van der Waals surface area contributed by atoms with E-state index in [-0.39, 0.29) is 18.4 Å². The Morgan fingerprint density at radius 3 is 2.64 bits per heavy atom. The van der Waals surface area contributed by atoms with Crippen molar-refractivity contribution in [2.24, 2.45) is 0 Å². The lowest BCUT2D eigenvalue weighted by atomic mass is 10.2. The number of hydrogen-bond acceptors (Lipinski definition) is 5. The highest BCUT2D eigenvalue weighted by Crippen LogP contribution is 2.17. The fraction of sp³-hybridized carbons (Fsp3) is 0.353. The molecule has 2 heterocycles. The molecule has 0 atom stereocenters. The molecular weight excluding hydrogens is 340 g/mol. The number of benzene rings is 1. The van der Waals surface area contributed by atoms with E-state index in [0.717, 1.165) is 5.56 Å². The van der Waals surface area contributed by atoms with Crippen molar-refractivity contribution in [2.45, 2.75) is 13.3 Å². The van der Waals surface area contributed by atoms with Crippen LogP contribution in [0.15, 0.2) is 29.6 Å². The van der Waals surface area contributed by atoms with E-state index in [9.17, 15) is 9.59 Å². The lowest BCUT2D eigenvalue weighted by Gasteiger charge is -2.26. The zero-order chi connectivity index (χ0) is 17.6. The van der Waals surface area contributed by atoms with Crippen LogP contribution in [0, 0.1) is 6.92 Å². The van der Waals surface area contributed by atoms with E-state index in [1.807, 2.05) is 31.2 Å². The first-order valence-corrected chi connectivity index (χ1v) is 8.93. The summed E-state index contributed by atoms with van der Waals surface area (Å²) in [5.41, 5.74) is 2.50. The van der Waals surface area contributed by atoms with E-state index in [0.29, 0.717) is 42.8 Å². The molecule has 1 aliphatic heterocycles. The molecule has 7 nitrogen and oxygen atoms in total. The van der Waals surface area contributed by atoms with Crippen molar-refractivity contribution in [2.75, 3.05) is 36.9 Å². The van der Waals surface area contributed by atoms with Crippen molar-refractivity contribution in [3.63, 3.8) is 0 Å². The molecule has 0 radical (unpaired) electrons. The van der Waals surface area contributed by atoms with Gasteiger partial charge in [0.2, 0.25) is 5.91 Å². The van der Waals surface area contributed by atoms with Gasteiger partial charge in [0.15, 0.2) is 5.13 Å². The summed E-state index contributed by atoms with van der Waals surface area (Å²) in [6, 6.07) is 7.17. The summed E-state index contributed by atoms with van der Waals surface area (Å²) < 4.78 is 5.24. The molecule has 132 valence electrons. The molecule has 0 unspecified atom stereocenters. The summed E-state index contributed by atoms with van der Waals surface area (Å²) in [6.07, 6.45) is 0.234. The molecule has 0 saturated carbocycles. The van der Waals surface area contributed by atoms with E-state index in [4.69, 9.17) is 4.74 Å². The summed E-state index contributed by atoms with van der Waals surface area (Å²) in [5.74, 6) is 0.0317. The third-order valence-electron chi connectivity index (χ3n) is 3.78. The Bertz CT molecular complexity index is 739. The van der Waals surface area contributed by atoms with Gasteiger partial charge in [0, 0.05) is 24.2 Å². The molecule has 1 aliphatic rings. The number of thiazole rings is 1. The molecule has 1 aromatic heterocycles. The lowest BCUT2D eigenvalue weighted by molar-refractivity contribution is -0.134. The van der Waals surface area contributed by atoms with Crippen molar-refractivity contribution < 1.29 is 14.3 Å². The molecule has 1 aromatic carbocycles. The molecule has 0 spiro atoms. The van der Waals surface area contributed by atoms with Gasteiger partial charge in [-0.1, -0.05) is 17.7 Å². The predicted molar refractivity (Wildman–Crippen MR) is 97.0 cm³/mol. The Hall–Kier alpha value is -2.45. The largest absolute Gasteiger partial charge is 0.378 e. The summed E-state index contributed by atoms with van der Waals surface area (Å²) in [6.45, 7) is 4.38. The Morgan fingerprint density at radius 2 is 1.92 bits per heavy atom. The number of rotatable bonds is 4. The topological polar surface area (TPSA) is 83.6 Å². The molecular formula is C17H20N4O3S. The highest BCUT2D eigenvalue weighted by atomic mass is 32.1. The highest BCUT2D eigenvalue weighted by molar-refractivity contribution is 7.14. The van der Waals surface area contributed by atoms with Crippen molar-refractivity contribution in [1.29, 1.82) is 0 Å². The number of carbonyl (C=O) groups is 2. The first-order chi connectivity index (χ1) is 12.1. The van der Waals surface area contributed by atoms with Crippen LogP contribution in [0.25, 0.3) is 0 Å². The maximum atomic E-state index is 12.2. The number of morpholine rings is 1. The normalized spacial score (nSPS) is 14.2. The first-order valence-electron chi connectivity index (χ1n) is 8.05. The van der Waals surface area contributed by atoms with Crippen LogP contribution in [-0.4, -0.2) is 48.1 Å². The Morgan fingerprint density at radius 1 is 1.20 bits per heavy atom. The molecule has 8 heteroatoms. The fourth-order valence-corrected chi connectivity index (χ4v) is 3.13. The summed E-state index contributed by atoms with van der Waals surface area (Å²) in [4.78, 5) is 30.3. The van der Waals surface area contributed by atoms with Crippen molar-refractivity contribution in [3.05, 3.63) is 40.9 Å². The minimum absolute atomic E-state index is 0.0317. The standard InChI is InChI=1S/C17H20N4O3S/c1-12-2-4-13(5-3-12)18-16(23)20-17-19-14(11-25-17)10-15(22)21-6-8-24-9-7-21/h2-5,11H,6-10H2,1H3,(H2,18,19,20,23). The zero-order valence-electron chi connectivity index (χ0n) is 13.9. The smallest absolute Gasteiger partial charge is 0.325 e. The molecule has 2 N–H and O–H groups in total. The monoisotopic (exact) mass is 360 g/mol. The number of ether oxygens (including phenoxy) is 1. The molecule has 3 rings (SSSR count). The average Bonchev–Trinajstić information content (AvgIpc) is 3.04. The van der Waals surface area contributed by atoms with Gasteiger partial charge in [-0.3, -0.25) is 10.1 Å². The van der Waals surface area contributed by atoms with Gasteiger partial charge >= 0.3 is 6.03 Å². The maximum Gasteiger partial charge on any atom is 0.325 e. The van der Waals surface area contributed by atoms with Crippen LogP contribution in [0.1, 0.15) is 11.3 Å². The molecule has 0 bridgehead atoms. The Balaban J connectivity index is 1.51. The average molecular weight is 360 g/mol. The van der Waals surface area contributed by atoms with Gasteiger partial charge in [0.05, 0.1) is 25.3 Å². The van der Waals surface area contributed by atoms with Crippen LogP contribution >= 0.6 is 11.3 Å². The second-order valence-corrected chi connectivity index (χ2v) is 6.62. The predicted octanol–water partition coefficient (Wildman–Crippen LogP) is 2.50. The molecule has 25 heavy (non-hydrogen) atoms. The summed E-state index contributed by atoms with van der Waals surface area (Å²) in [7, 11) is 0. The van der Waals surface area contributed by atoms with Crippen LogP contribution in [0.2, 0.25) is 0 Å². The second-order valence-electron chi connectivity index (χ2n) is 5.76. The molecule has 1 fully saturated rings. The van der Waals surface area contributed by atoms with Crippen LogP contribution < -0.4 is 10.6 Å². The van der Waals surface area contributed by atoms with E-state index >= 15 is 0 Å². The Kier molecular flexibility index (Phi) is 5.62. The van der Waals surface area contributed by atoms with Crippen LogP contribution in [0.5, 0.6) is 0 Å². The zero-order valence-corrected chi connectivity index (χ0v) is 14.8. The third kappa shape index (κ3) is 5.01. The van der Waals surface area contributed by atoms with Crippen LogP contribution in [0.3, 0.4) is 0 Å². The quantitative estimate of drug-likeness (QED) is 0.877. The molecule has 3 amide bonds. The minimum Gasteiger partial charge on any atom is -0.378 e. The SMILES string of the molecule is Cc1ccc(NC(=O)Nc2nc(CC(=O)N3CCOCC3)cs2)cc1. The molecule has 2 aromatic rings. The number of aromatic nitrogens is 1.